The van der Waals surface area contributed by atoms with Crippen LogP contribution in [0.5, 0.6) is 0 Å². The molecule has 0 spiro atoms. The van der Waals surface area contributed by atoms with Crippen LogP contribution in [0.4, 0.5) is 5.69 Å². The lowest BCUT2D eigenvalue weighted by Crippen LogP contribution is -2.32. The van der Waals surface area contributed by atoms with Crippen molar-refractivity contribution in [1.82, 2.24) is 0 Å². The normalized spacial score (nSPS) is 12.2. The first-order valence-corrected chi connectivity index (χ1v) is 8.02. The number of benzene rings is 1. The first-order valence-electron chi connectivity index (χ1n) is 5.99. The number of nitrogens with two attached hydrogens (primary N) is 1. The van der Waals surface area contributed by atoms with E-state index in [9.17, 15) is 13.2 Å². The number of hydrogen-bond donors (Lipinski definition) is 1. The van der Waals surface area contributed by atoms with Crippen molar-refractivity contribution in [3.8, 4) is 0 Å². The Morgan fingerprint density at radius 2 is 1.95 bits per heavy atom. The Morgan fingerprint density at radius 3 is 2.45 bits per heavy atom. The van der Waals surface area contributed by atoms with E-state index in [1.54, 1.807) is 20.8 Å². The molecule has 7 heteroatoms. The van der Waals surface area contributed by atoms with Gasteiger partial charge in [-0.05, 0) is 39.0 Å². The van der Waals surface area contributed by atoms with Gasteiger partial charge in [0.2, 0.25) is 0 Å². The minimum atomic E-state index is -3.32. The van der Waals surface area contributed by atoms with Gasteiger partial charge >= 0.3 is 5.97 Å². The van der Waals surface area contributed by atoms with Gasteiger partial charge in [0.1, 0.15) is 6.61 Å². The summed E-state index contributed by atoms with van der Waals surface area (Å²) in [5.74, 6) is -0.895. The third kappa shape index (κ3) is 4.11. The number of esters is 1. The van der Waals surface area contributed by atoms with Crippen LogP contribution in [-0.4, -0.2) is 31.5 Å². The molecule has 0 atom stereocenters. The van der Waals surface area contributed by atoms with E-state index >= 15 is 0 Å². The van der Waals surface area contributed by atoms with E-state index in [1.165, 1.54) is 18.2 Å². The quantitative estimate of drug-likeness (QED) is 0.679. The Hall–Kier alpha value is -1.27. The maximum atomic E-state index is 11.8. The number of carbonyl (C=O) groups is 1. The second-order valence-corrected chi connectivity index (χ2v) is 8.58. The van der Waals surface area contributed by atoms with Crippen LogP contribution in [0.3, 0.4) is 0 Å². The van der Waals surface area contributed by atoms with Crippen molar-refractivity contribution in [1.29, 1.82) is 0 Å². The highest BCUT2D eigenvalue weighted by molar-refractivity contribution is 7.92. The summed E-state index contributed by atoms with van der Waals surface area (Å²) < 4.78 is 27.8. The lowest BCUT2D eigenvalue weighted by Gasteiger charge is -2.18. The first kappa shape index (κ1) is 16.8. The number of hydrogen-bond acceptors (Lipinski definition) is 5. The Labute approximate surface area is 124 Å². The molecule has 5 nitrogen and oxygen atoms in total. The van der Waals surface area contributed by atoms with E-state index < -0.39 is 20.6 Å². The minimum Gasteiger partial charge on any atom is -0.461 e. The summed E-state index contributed by atoms with van der Waals surface area (Å²) in [4.78, 5) is 11.8. The van der Waals surface area contributed by atoms with Crippen LogP contribution in [0.15, 0.2) is 18.2 Å². The minimum absolute atomic E-state index is 0.161. The van der Waals surface area contributed by atoms with Gasteiger partial charge in [-0.15, -0.1) is 0 Å². The molecule has 0 radical (unpaired) electrons. The fourth-order valence-electron chi connectivity index (χ4n) is 1.32. The van der Waals surface area contributed by atoms with Crippen molar-refractivity contribution < 1.29 is 17.9 Å². The van der Waals surface area contributed by atoms with E-state index in [0.29, 0.717) is 5.69 Å². The summed E-state index contributed by atoms with van der Waals surface area (Å²) in [6.45, 7) is 4.59. The molecule has 0 bridgehead atoms. The molecule has 112 valence electrons. The molecule has 0 heterocycles. The van der Waals surface area contributed by atoms with Gasteiger partial charge < -0.3 is 10.5 Å². The average molecular weight is 320 g/mol. The van der Waals surface area contributed by atoms with Crippen LogP contribution in [0.25, 0.3) is 0 Å². The van der Waals surface area contributed by atoms with Gasteiger partial charge in [0, 0.05) is 5.69 Å². The zero-order chi connectivity index (χ0) is 15.6. The topological polar surface area (TPSA) is 86.5 Å². The van der Waals surface area contributed by atoms with Gasteiger partial charge in [-0.1, -0.05) is 11.6 Å². The smallest absolute Gasteiger partial charge is 0.339 e. The molecule has 0 fully saturated rings. The summed E-state index contributed by atoms with van der Waals surface area (Å²) in [5, 5.41) is 0.175. The number of halogens is 1. The van der Waals surface area contributed by atoms with E-state index in [4.69, 9.17) is 22.1 Å². The van der Waals surface area contributed by atoms with Crippen molar-refractivity contribution >= 4 is 33.1 Å². The van der Waals surface area contributed by atoms with Crippen molar-refractivity contribution in [3.63, 3.8) is 0 Å². The SMILES string of the molecule is CC(C)(C)S(=O)(=O)CCOC(=O)c1ccc(N)cc1Cl. The summed E-state index contributed by atoms with van der Waals surface area (Å²) in [7, 11) is -3.32. The van der Waals surface area contributed by atoms with Crippen LogP contribution in [0.1, 0.15) is 31.1 Å². The number of anilines is 1. The molecule has 0 aliphatic carbocycles. The number of ether oxygens (including phenoxy) is 1. The molecule has 0 aliphatic rings. The molecular weight excluding hydrogens is 302 g/mol. The van der Waals surface area contributed by atoms with Crippen LogP contribution in [0.2, 0.25) is 5.02 Å². The van der Waals surface area contributed by atoms with Gasteiger partial charge in [0.25, 0.3) is 0 Å². The molecule has 1 aromatic carbocycles. The Kier molecular flexibility index (Phi) is 5.05. The fraction of sp³-hybridized carbons (Fsp3) is 0.462. The van der Waals surface area contributed by atoms with Crippen LogP contribution < -0.4 is 5.73 Å². The third-order valence-electron chi connectivity index (χ3n) is 2.73. The van der Waals surface area contributed by atoms with E-state index in [1.807, 2.05) is 0 Å². The summed E-state index contributed by atoms with van der Waals surface area (Å²) in [6.07, 6.45) is 0. The lowest BCUT2D eigenvalue weighted by atomic mass is 10.2. The molecule has 1 rings (SSSR count). The predicted molar refractivity (Wildman–Crippen MR) is 79.7 cm³/mol. The molecule has 20 heavy (non-hydrogen) atoms. The molecular formula is C13H18ClNO4S. The van der Waals surface area contributed by atoms with E-state index in [0.717, 1.165) is 0 Å². The molecule has 0 aromatic heterocycles. The van der Waals surface area contributed by atoms with Gasteiger partial charge in [-0.3, -0.25) is 0 Å². The highest BCUT2D eigenvalue weighted by Crippen LogP contribution is 2.20. The van der Waals surface area contributed by atoms with Crippen LogP contribution in [0, 0.1) is 0 Å². The monoisotopic (exact) mass is 319 g/mol. The standard InChI is InChI=1S/C13H18ClNO4S/c1-13(2,3)20(17,18)7-6-19-12(16)10-5-4-9(15)8-11(10)14/h4-5,8H,6-7,15H2,1-3H3. The maximum Gasteiger partial charge on any atom is 0.339 e. The van der Waals surface area contributed by atoms with Crippen molar-refractivity contribution in [2.45, 2.75) is 25.5 Å². The molecule has 0 saturated carbocycles. The number of rotatable bonds is 4. The van der Waals surface area contributed by atoms with Gasteiger partial charge in [-0.2, -0.15) is 0 Å². The second kappa shape index (κ2) is 6.01. The molecule has 1 aromatic rings. The van der Waals surface area contributed by atoms with Gasteiger partial charge in [0.15, 0.2) is 9.84 Å². The fourth-order valence-corrected chi connectivity index (χ4v) is 2.51. The number of sulfone groups is 1. The summed E-state index contributed by atoms with van der Waals surface area (Å²) in [6, 6.07) is 4.40. The Bertz CT molecular complexity index is 605. The first-order chi connectivity index (χ1) is 9.04. The third-order valence-corrected chi connectivity index (χ3v) is 5.61. The number of carbonyl (C=O) groups excluding carboxylic acids is 1. The molecule has 0 amide bonds. The molecule has 2 N–H and O–H groups in total. The average Bonchev–Trinajstić information content (AvgIpc) is 2.26. The summed E-state index contributed by atoms with van der Waals surface area (Å²) >= 11 is 5.87. The molecule has 0 unspecified atom stereocenters. The van der Waals surface area contributed by atoms with Crippen LogP contribution >= 0.6 is 11.6 Å². The Morgan fingerprint density at radius 1 is 1.35 bits per heavy atom. The highest BCUT2D eigenvalue weighted by atomic mass is 35.5. The summed E-state index contributed by atoms with van der Waals surface area (Å²) in [5.41, 5.74) is 6.11. The lowest BCUT2D eigenvalue weighted by molar-refractivity contribution is 0.0529. The zero-order valence-corrected chi connectivity index (χ0v) is 13.2. The van der Waals surface area contributed by atoms with Crippen LogP contribution in [-0.2, 0) is 14.6 Å². The zero-order valence-electron chi connectivity index (χ0n) is 11.6. The van der Waals surface area contributed by atoms with Crippen molar-refractivity contribution in [2.24, 2.45) is 0 Å². The second-order valence-electron chi connectivity index (χ2n) is 5.31. The van der Waals surface area contributed by atoms with E-state index in [2.05, 4.69) is 0 Å². The van der Waals surface area contributed by atoms with E-state index in [-0.39, 0.29) is 22.9 Å². The van der Waals surface area contributed by atoms with Crippen molar-refractivity contribution in [2.75, 3.05) is 18.1 Å². The van der Waals surface area contributed by atoms with Crippen molar-refractivity contribution in [3.05, 3.63) is 28.8 Å². The molecule has 0 saturated heterocycles. The number of nitrogen functional groups attached to an aromatic ring is 1. The van der Waals surface area contributed by atoms with Gasteiger partial charge in [-0.25, -0.2) is 13.2 Å². The predicted octanol–water partition coefficient (Wildman–Crippen LogP) is 2.29. The Balaban J connectivity index is 2.66. The largest absolute Gasteiger partial charge is 0.461 e. The maximum absolute atomic E-state index is 11.8. The molecule has 0 aliphatic heterocycles. The van der Waals surface area contributed by atoms with Gasteiger partial charge in [0.05, 0.1) is 21.1 Å². The highest BCUT2D eigenvalue weighted by Gasteiger charge is 2.29.